The van der Waals surface area contributed by atoms with Crippen LogP contribution in [0.4, 0.5) is 0 Å². The van der Waals surface area contributed by atoms with Crippen molar-refractivity contribution >= 4 is 0 Å². The number of likely N-dealkylation sites (N-methyl/N-ethyl adjacent to an activating group) is 2. The highest BCUT2D eigenvalue weighted by atomic mass is 15.2. The Balaban J connectivity index is 1.84. The minimum Gasteiger partial charge on any atom is -0.313 e. The number of nitrogens with one attached hydrogen (secondary N) is 1. The number of hydrogen-bond acceptors (Lipinski definition) is 3. The van der Waals surface area contributed by atoms with Crippen LogP contribution in [0.5, 0.6) is 0 Å². The lowest BCUT2D eigenvalue weighted by Gasteiger charge is -2.42. The fourth-order valence-electron chi connectivity index (χ4n) is 3.10. The van der Waals surface area contributed by atoms with Crippen LogP contribution in [-0.4, -0.2) is 61.7 Å². The molecular weight excluding hydrogens is 198 g/mol. The molecule has 0 spiro atoms. The highest BCUT2D eigenvalue weighted by Gasteiger charge is 2.28. The van der Waals surface area contributed by atoms with E-state index in [9.17, 15) is 0 Å². The maximum absolute atomic E-state index is 3.61. The zero-order valence-corrected chi connectivity index (χ0v) is 11.1. The first-order valence-corrected chi connectivity index (χ1v) is 6.80. The molecule has 0 aromatic carbocycles. The third-order valence-corrected chi connectivity index (χ3v) is 4.39. The minimum absolute atomic E-state index is 0.721. The highest BCUT2D eigenvalue weighted by Crippen LogP contribution is 2.20. The Morgan fingerprint density at radius 3 is 2.62 bits per heavy atom. The second-order valence-corrected chi connectivity index (χ2v) is 5.76. The third kappa shape index (κ3) is 2.96. The zero-order chi connectivity index (χ0) is 11.5. The predicted octanol–water partition coefficient (Wildman–Crippen LogP) is 1.15. The van der Waals surface area contributed by atoms with Crippen LogP contribution < -0.4 is 5.32 Å². The van der Waals surface area contributed by atoms with Crippen molar-refractivity contribution in [3.63, 3.8) is 0 Å². The van der Waals surface area contributed by atoms with Gasteiger partial charge in [-0.2, -0.15) is 0 Å². The smallest absolute Gasteiger partial charge is 0.0223 e. The maximum Gasteiger partial charge on any atom is 0.0223 e. The van der Waals surface area contributed by atoms with E-state index in [4.69, 9.17) is 0 Å². The van der Waals surface area contributed by atoms with Crippen molar-refractivity contribution in [2.75, 3.05) is 33.7 Å². The molecule has 2 saturated heterocycles. The van der Waals surface area contributed by atoms with Gasteiger partial charge >= 0.3 is 0 Å². The summed E-state index contributed by atoms with van der Waals surface area (Å²) in [6, 6.07) is 2.25. The quantitative estimate of drug-likeness (QED) is 0.760. The molecular formula is C13H27N3. The lowest BCUT2D eigenvalue weighted by Crippen LogP contribution is -2.54. The van der Waals surface area contributed by atoms with Crippen molar-refractivity contribution < 1.29 is 0 Å². The predicted molar refractivity (Wildman–Crippen MR) is 68.8 cm³/mol. The van der Waals surface area contributed by atoms with Crippen LogP contribution in [0.1, 0.15) is 32.6 Å². The topological polar surface area (TPSA) is 18.5 Å². The molecule has 3 atom stereocenters. The van der Waals surface area contributed by atoms with Gasteiger partial charge in [-0.1, -0.05) is 0 Å². The van der Waals surface area contributed by atoms with Gasteiger partial charge < -0.3 is 10.2 Å². The lowest BCUT2D eigenvalue weighted by molar-refractivity contribution is 0.0820. The van der Waals surface area contributed by atoms with Crippen LogP contribution in [0.25, 0.3) is 0 Å². The van der Waals surface area contributed by atoms with Gasteiger partial charge in [-0.25, -0.2) is 0 Å². The first kappa shape index (κ1) is 12.3. The van der Waals surface area contributed by atoms with Gasteiger partial charge in [0.15, 0.2) is 0 Å². The number of rotatable bonds is 2. The van der Waals surface area contributed by atoms with Gasteiger partial charge in [-0.05, 0) is 53.2 Å². The first-order chi connectivity index (χ1) is 7.66. The van der Waals surface area contributed by atoms with Gasteiger partial charge in [0.2, 0.25) is 0 Å². The normalized spacial score (nSPS) is 37.9. The largest absolute Gasteiger partial charge is 0.313 e. The van der Waals surface area contributed by atoms with E-state index in [0.29, 0.717) is 0 Å². The lowest BCUT2D eigenvalue weighted by atomic mass is 9.97. The van der Waals surface area contributed by atoms with Gasteiger partial charge in [0, 0.05) is 31.2 Å². The Bertz CT molecular complexity index is 211. The van der Waals surface area contributed by atoms with E-state index in [0.717, 1.165) is 18.1 Å². The summed E-state index contributed by atoms with van der Waals surface area (Å²) < 4.78 is 0. The second kappa shape index (κ2) is 5.48. The molecule has 2 heterocycles. The molecule has 0 amide bonds. The van der Waals surface area contributed by atoms with Crippen molar-refractivity contribution in [2.45, 2.75) is 50.7 Å². The summed E-state index contributed by atoms with van der Waals surface area (Å²) in [6.45, 7) is 6.01. The molecule has 0 bridgehead atoms. The van der Waals surface area contributed by atoms with Gasteiger partial charge in [-0.15, -0.1) is 0 Å². The Hall–Kier alpha value is -0.120. The van der Waals surface area contributed by atoms with Crippen molar-refractivity contribution in [3.05, 3.63) is 0 Å². The third-order valence-electron chi connectivity index (χ3n) is 4.39. The van der Waals surface area contributed by atoms with E-state index >= 15 is 0 Å². The molecule has 2 rings (SSSR count). The molecule has 16 heavy (non-hydrogen) atoms. The summed E-state index contributed by atoms with van der Waals surface area (Å²) in [6.07, 6.45) is 5.44. The van der Waals surface area contributed by atoms with Gasteiger partial charge in [0.05, 0.1) is 0 Å². The number of nitrogens with zero attached hydrogens (tertiary/aromatic N) is 2. The summed E-state index contributed by atoms with van der Waals surface area (Å²) >= 11 is 0. The summed E-state index contributed by atoms with van der Waals surface area (Å²) in [4.78, 5) is 5.11. The molecule has 3 nitrogen and oxygen atoms in total. The van der Waals surface area contributed by atoms with Gasteiger partial charge in [0.25, 0.3) is 0 Å². The van der Waals surface area contributed by atoms with Gasteiger partial charge in [-0.3, -0.25) is 4.90 Å². The van der Waals surface area contributed by atoms with E-state index in [-0.39, 0.29) is 0 Å². The Kier molecular flexibility index (Phi) is 4.22. The summed E-state index contributed by atoms with van der Waals surface area (Å²) in [5.41, 5.74) is 0. The molecule has 0 saturated carbocycles. The summed E-state index contributed by atoms with van der Waals surface area (Å²) in [5.74, 6) is 0. The van der Waals surface area contributed by atoms with Crippen LogP contribution in [0.2, 0.25) is 0 Å². The molecule has 3 heteroatoms. The van der Waals surface area contributed by atoms with E-state index in [1.807, 2.05) is 0 Å². The Morgan fingerprint density at radius 2 is 2.00 bits per heavy atom. The molecule has 0 radical (unpaired) electrons. The van der Waals surface area contributed by atoms with Crippen LogP contribution in [0, 0.1) is 0 Å². The van der Waals surface area contributed by atoms with Crippen LogP contribution in [0.3, 0.4) is 0 Å². The zero-order valence-electron chi connectivity index (χ0n) is 11.1. The van der Waals surface area contributed by atoms with E-state index in [1.165, 1.54) is 45.3 Å². The van der Waals surface area contributed by atoms with Gasteiger partial charge in [0.1, 0.15) is 0 Å². The van der Waals surface area contributed by atoms with E-state index < -0.39 is 0 Å². The van der Waals surface area contributed by atoms with Crippen molar-refractivity contribution in [3.8, 4) is 0 Å². The van der Waals surface area contributed by atoms with Crippen LogP contribution in [-0.2, 0) is 0 Å². The molecule has 0 aromatic heterocycles. The highest BCUT2D eigenvalue weighted by molar-refractivity contribution is 4.86. The average molecular weight is 225 g/mol. The van der Waals surface area contributed by atoms with Crippen LogP contribution >= 0.6 is 0 Å². The fraction of sp³-hybridized carbons (Fsp3) is 1.00. The standard InChI is InChI=1S/C13H27N3/c1-11-6-7-12(9-14-11)16(3)13-5-4-8-15(2)10-13/h11-14H,4-10H2,1-3H3. The number of likely N-dealkylation sites (tertiary alicyclic amines) is 1. The molecule has 2 aliphatic heterocycles. The summed E-state index contributed by atoms with van der Waals surface area (Å²) in [7, 11) is 4.58. The average Bonchev–Trinajstić information content (AvgIpc) is 2.29. The van der Waals surface area contributed by atoms with Crippen molar-refractivity contribution in [2.24, 2.45) is 0 Å². The minimum atomic E-state index is 0.721. The van der Waals surface area contributed by atoms with E-state index in [2.05, 4.69) is 36.1 Å². The Labute approximate surface area is 100 Å². The number of piperidine rings is 2. The molecule has 3 unspecified atom stereocenters. The van der Waals surface area contributed by atoms with E-state index in [1.54, 1.807) is 0 Å². The molecule has 2 fully saturated rings. The first-order valence-electron chi connectivity index (χ1n) is 6.80. The van der Waals surface area contributed by atoms with Crippen LogP contribution in [0.15, 0.2) is 0 Å². The summed E-state index contributed by atoms with van der Waals surface area (Å²) in [5, 5.41) is 3.61. The maximum atomic E-state index is 3.61. The van der Waals surface area contributed by atoms with Crippen molar-refractivity contribution in [1.29, 1.82) is 0 Å². The number of hydrogen-bond donors (Lipinski definition) is 1. The molecule has 94 valence electrons. The monoisotopic (exact) mass is 225 g/mol. The SMILES string of the molecule is CC1CCC(N(C)C2CCCN(C)C2)CN1. The molecule has 2 aliphatic rings. The van der Waals surface area contributed by atoms with Crippen molar-refractivity contribution in [1.82, 2.24) is 15.1 Å². The molecule has 0 aromatic rings. The molecule has 0 aliphatic carbocycles. The second-order valence-electron chi connectivity index (χ2n) is 5.76. The fourth-order valence-corrected chi connectivity index (χ4v) is 3.10. The Morgan fingerprint density at radius 1 is 1.19 bits per heavy atom. The molecule has 1 N–H and O–H groups in total.